The molecule has 3 aliphatic carbocycles. The fourth-order valence-corrected chi connectivity index (χ4v) is 8.46. The van der Waals surface area contributed by atoms with Crippen molar-refractivity contribution in [1.82, 2.24) is 4.90 Å². The second kappa shape index (κ2) is 10.2. The Bertz CT molecular complexity index is 1360. The number of rotatable bonds is 5. The molecule has 2 bridgehead atoms. The van der Waals surface area contributed by atoms with Gasteiger partial charge in [-0.25, -0.2) is 4.79 Å². The first-order valence-electron chi connectivity index (χ1n) is 15.0. The predicted molar refractivity (Wildman–Crippen MR) is 155 cm³/mol. The highest BCUT2D eigenvalue weighted by atomic mass is 16.7. The van der Waals surface area contributed by atoms with Crippen molar-refractivity contribution in [1.29, 1.82) is 0 Å². The van der Waals surface area contributed by atoms with E-state index in [9.17, 15) is 19.8 Å². The number of likely N-dealkylation sites (N-methyl/N-ethyl adjacent to an activating group) is 1. The summed E-state index contributed by atoms with van der Waals surface area (Å²) in [7, 11) is 3.86. The van der Waals surface area contributed by atoms with Crippen LogP contribution >= 0.6 is 0 Å². The topological polar surface area (TPSA) is 124 Å². The zero-order valence-electron chi connectivity index (χ0n) is 25.9. The van der Waals surface area contributed by atoms with Crippen LogP contribution in [0.25, 0.3) is 0 Å². The molecule has 234 valence electrons. The number of hydrogen-bond acceptors (Lipinski definition) is 10. The molecule has 2 unspecified atom stereocenters. The molecule has 43 heavy (non-hydrogen) atoms. The third kappa shape index (κ3) is 4.36. The molecule has 1 aromatic rings. The van der Waals surface area contributed by atoms with Gasteiger partial charge in [-0.2, -0.15) is 0 Å². The number of carbonyl (C=O) groups excluding carboxylic acids is 2. The molecule has 1 aromatic carbocycles. The largest absolute Gasteiger partial charge is 0.455 e. The zero-order valence-corrected chi connectivity index (χ0v) is 25.9. The highest BCUT2D eigenvalue weighted by Crippen LogP contribution is 2.65. The third-order valence-electron chi connectivity index (χ3n) is 10.6. The van der Waals surface area contributed by atoms with Crippen LogP contribution < -0.4 is 0 Å². The maximum atomic E-state index is 13.9. The first kappa shape index (κ1) is 30.4. The first-order chi connectivity index (χ1) is 20.2. The minimum atomic E-state index is -1.80. The average molecular weight is 598 g/mol. The Morgan fingerprint density at radius 2 is 1.81 bits per heavy atom. The number of hydrogen-bond donors (Lipinski definition) is 2. The van der Waals surface area contributed by atoms with Gasteiger partial charge in [0.25, 0.3) is 0 Å². The summed E-state index contributed by atoms with van der Waals surface area (Å²) in [4.78, 5) is 28.5. The Morgan fingerprint density at radius 1 is 1.12 bits per heavy atom. The minimum absolute atomic E-state index is 0.0430. The highest BCUT2D eigenvalue weighted by Gasteiger charge is 2.76. The molecule has 2 heterocycles. The molecular weight excluding hydrogens is 554 g/mol. The van der Waals surface area contributed by atoms with Crippen LogP contribution in [0.2, 0.25) is 0 Å². The van der Waals surface area contributed by atoms with E-state index >= 15 is 0 Å². The average Bonchev–Trinajstić information content (AvgIpc) is 3.32. The van der Waals surface area contributed by atoms with Crippen molar-refractivity contribution >= 4 is 11.9 Å². The number of aliphatic hydroxyl groups excluding tert-OH is 1. The van der Waals surface area contributed by atoms with Gasteiger partial charge in [0.2, 0.25) is 0 Å². The number of esters is 2. The van der Waals surface area contributed by atoms with Gasteiger partial charge in [0.05, 0.1) is 24.2 Å². The summed E-state index contributed by atoms with van der Waals surface area (Å²) in [5, 5.41) is 24.6. The van der Waals surface area contributed by atoms with Gasteiger partial charge in [0, 0.05) is 30.7 Å². The second-order valence-electron chi connectivity index (χ2n) is 13.8. The molecule has 2 aliphatic heterocycles. The molecule has 1 saturated carbocycles. The van der Waals surface area contributed by atoms with Crippen molar-refractivity contribution in [2.24, 2.45) is 16.7 Å². The second-order valence-corrected chi connectivity index (χ2v) is 13.8. The summed E-state index contributed by atoms with van der Waals surface area (Å²) < 4.78 is 32.0. The van der Waals surface area contributed by atoms with Gasteiger partial charge in [-0.05, 0) is 44.3 Å². The fraction of sp³-hybridized carbons (Fsp3) is 0.636. The van der Waals surface area contributed by atoms with Crippen molar-refractivity contribution < 1.29 is 43.5 Å². The maximum absolute atomic E-state index is 13.9. The zero-order chi connectivity index (χ0) is 31.1. The molecule has 3 fully saturated rings. The van der Waals surface area contributed by atoms with Gasteiger partial charge in [0.15, 0.2) is 11.9 Å². The van der Waals surface area contributed by atoms with E-state index in [4.69, 9.17) is 23.7 Å². The molecule has 10 heteroatoms. The molecular formula is C33H43NO9. The van der Waals surface area contributed by atoms with Gasteiger partial charge in [0.1, 0.15) is 30.0 Å². The van der Waals surface area contributed by atoms with Crippen molar-refractivity contribution in [3.8, 4) is 0 Å². The number of nitrogens with zero attached hydrogens (tertiary/aromatic N) is 1. The van der Waals surface area contributed by atoms with E-state index in [2.05, 4.69) is 0 Å². The van der Waals surface area contributed by atoms with E-state index in [-0.39, 0.29) is 13.0 Å². The SMILES string of the molecule is CC(=O)O[C@@]12COC1C=C[C@]1(C)C2[C@H](OC(=O)c2ccccc2)[C@]2(O)C[C@H](O)C(C)=C([C@H]3O[C@@H](CN(C)C)O[C@H]31)C2(C)C. The van der Waals surface area contributed by atoms with Crippen LogP contribution in [0.15, 0.2) is 53.6 Å². The van der Waals surface area contributed by atoms with E-state index in [0.717, 1.165) is 5.57 Å². The number of fused-ring (bicyclic) bond motifs is 8. The Kier molecular flexibility index (Phi) is 7.23. The van der Waals surface area contributed by atoms with Crippen LogP contribution in [0.1, 0.15) is 51.4 Å². The van der Waals surface area contributed by atoms with Gasteiger partial charge in [-0.15, -0.1) is 0 Å². The van der Waals surface area contributed by atoms with Crippen molar-refractivity contribution in [3.63, 3.8) is 0 Å². The van der Waals surface area contributed by atoms with Crippen LogP contribution in [0.4, 0.5) is 0 Å². The lowest BCUT2D eigenvalue weighted by atomic mass is 9.46. The Hall–Kier alpha value is -2.60. The Balaban J connectivity index is 1.62. The standard InChI is InChI=1S/C33H43NO9/c1-18-21(36)15-33(38)28(42-29(37)20-11-9-8-10-12-20)26-31(5,14-13-22-32(26,17-39-22)43-19(2)35)27-25(24(18)30(33,3)4)40-23(41-27)16-34(6)7/h8-14,21-23,25-28,36,38H,15-17H2,1-7H3/t21-,22?,23+,25+,26?,27+,28-,31+,32-,33+/m0/s1. The van der Waals surface area contributed by atoms with Crippen molar-refractivity contribution in [2.75, 3.05) is 27.2 Å². The predicted octanol–water partition coefficient (Wildman–Crippen LogP) is 2.63. The number of aliphatic hydroxyl groups is 2. The number of ether oxygens (including phenoxy) is 5. The molecule has 0 radical (unpaired) electrons. The Morgan fingerprint density at radius 3 is 2.42 bits per heavy atom. The van der Waals surface area contributed by atoms with Crippen molar-refractivity contribution in [2.45, 2.75) is 89.1 Å². The Labute approximate surface area is 252 Å². The van der Waals surface area contributed by atoms with E-state index in [1.165, 1.54) is 6.92 Å². The van der Waals surface area contributed by atoms with Gasteiger partial charge >= 0.3 is 11.9 Å². The quantitative estimate of drug-likeness (QED) is 0.387. The molecule has 6 rings (SSSR count). The first-order valence-corrected chi connectivity index (χ1v) is 15.0. The highest BCUT2D eigenvalue weighted by molar-refractivity contribution is 5.89. The van der Waals surface area contributed by atoms with E-state index in [0.29, 0.717) is 17.7 Å². The molecule has 0 amide bonds. The molecule has 5 aliphatic rings. The summed E-state index contributed by atoms with van der Waals surface area (Å²) in [6, 6.07) is 8.59. The molecule has 0 aromatic heterocycles. The molecule has 0 spiro atoms. The van der Waals surface area contributed by atoms with Crippen LogP contribution in [-0.4, -0.2) is 102 Å². The lowest BCUT2D eigenvalue weighted by molar-refractivity contribution is -0.316. The van der Waals surface area contributed by atoms with Gasteiger partial charge < -0.3 is 38.8 Å². The van der Waals surface area contributed by atoms with Crippen molar-refractivity contribution in [3.05, 3.63) is 59.2 Å². The minimum Gasteiger partial charge on any atom is -0.455 e. The maximum Gasteiger partial charge on any atom is 0.338 e. The summed E-state index contributed by atoms with van der Waals surface area (Å²) in [5.74, 6) is -1.97. The summed E-state index contributed by atoms with van der Waals surface area (Å²) in [6.07, 6.45) is -1.03. The van der Waals surface area contributed by atoms with E-state index in [1.54, 1.807) is 30.3 Å². The number of benzene rings is 1. The lowest BCUT2D eigenvalue weighted by Crippen LogP contribution is -2.78. The van der Waals surface area contributed by atoms with E-state index in [1.807, 2.05) is 58.8 Å². The molecule has 2 N–H and O–H groups in total. The fourth-order valence-electron chi connectivity index (χ4n) is 8.46. The number of carbonyl (C=O) groups is 2. The molecule has 10 atom stereocenters. The van der Waals surface area contributed by atoms with Crippen LogP contribution in [-0.2, 0) is 28.5 Å². The van der Waals surface area contributed by atoms with Gasteiger partial charge in [-0.3, -0.25) is 4.79 Å². The molecule has 10 nitrogen and oxygen atoms in total. The van der Waals surface area contributed by atoms with Crippen LogP contribution in [0.3, 0.4) is 0 Å². The van der Waals surface area contributed by atoms with Gasteiger partial charge in [-0.1, -0.05) is 51.1 Å². The normalized spacial score (nSPS) is 42.6. The summed E-state index contributed by atoms with van der Waals surface area (Å²) in [6.45, 7) is 9.50. The summed E-state index contributed by atoms with van der Waals surface area (Å²) in [5.41, 5.74) is -3.36. The van der Waals surface area contributed by atoms with Crippen LogP contribution in [0, 0.1) is 16.7 Å². The monoisotopic (exact) mass is 597 g/mol. The third-order valence-corrected chi connectivity index (χ3v) is 10.6. The van der Waals surface area contributed by atoms with Crippen LogP contribution in [0.5, 0.6) is 0 Å². The summed E-state index contributed by atoms with van der Waals surface area (Å²) >= 11 is 0. The lowest BCUT2D eigenvalue weighted by Gasteiger charge is -2.66. The van der Waals surface area contributed by atoms with E-state index < -0.39 is 76.7 Å². The molecule has 2 saturated heterocycles. The smallest absolute Gasteiger partial charge is 0.338 e.